The molecule has 0 unspecified atom stereocenters. The number of aryl methyl sites for hydroxylation is 1. The zero-order valence-electron chi connectivity index (χ0n) is 15.9. The molecule has 1 amide bonds. The molecule has 0 spiro atoms. The third-order valence-electron chi connectivity index (χ3n) is 4.79. The zero-order chi connectivity index (χ0) is 18.5. The molecule has 2 heterocycles. The van der Waals surface area contributed by atoms with Gasteiger partial charge in [0.15, 0.2) is 0 Å². The summed E-state index contributed by atoms with van der Waals surface area (Å²) in [6.45, 7) is 11.2. The number of likely N-dealkylation sites (N-methyl/N-ethyl adjacent to an activating group) is 1. The van der Waals surface area contributed by atoms with Crippen molar-refractivity contribution < 1.29 is 4.79 Å². The summed E-state index contributed by atoms with van der Waals surface area (Å²) in [5.74, 6) is 0.575. The Morgan fingerprint density at radius 3 is 2.38 bits per heavy atom. The number of nitrogens with zero attached hydrogens (tertiary/aromatic N) is 5. The van der Waals surface area contributed by atoms with Gasteiger partial charge in [0.05, 0.1) is 0 Å². The van der Waals surface area contributed by atoms with E-state index in [-0.39, 0.29) is 5.91 Å². The molecular weight excluding hydrogens is 326 g/mol. The molecule has 3 rings (SSSR count). The summed E-state index contributed by atoms with van der Waals surface area (Å²) >= 11 is 0. The lowest BCUT2D eigenvalue weighted by Gasteiger charge is -2.34. The van der Waals surface area contributed by atoms with Crippen LogP contribution in [0.1, 0.15) is 30.0 Å². The van der Waals surface area contributed by atoms with Crippen molar-refractivity contribution in [2.45, 2.75) is 20.8 Å². The average molecular weight is 353 g/mol. The molecule has 0 saturated carbocycles. The van der Waals surface area contributed by atoms with Gasteiger partial charge in [-0.2, -0.15) is 0 Å². The Morgan fingerprint density at radius 2 is 1.77 bits per heavy atom. The molecule has 1 fully saturated rings. The highest BCUT2D eigenvalue weighted by Crippen LogP contribution is 2.22. The highest BCUT2D eigenvalue weighted by Gasteiger charge is 2.23. The minimum Gasteiger partial charge on any atom is -0.335 e. The number of rotatable bonds is 5. The number of anilines is 2. The predicted molar refractivity (Wildman–Crippen MR) is 104 cm³/mol. The normalized spacial score (nSPS) is 15.1. The zero-order valence-corrected chi connectivity index (χ0v) is 15.9. The molecule has 1 aliphatic heterocycles. The predicted octanol–water partition coefficient (Wildman–Crippen LogP) is 2.72. The van der Waals surface area contributed by atoms with Crippen molar-refractivity contribution in [2.24, 2.45) is 0 Å². The maximum atomic E-state index is 12.9. The maximum absolute atomic E-state index is 12.9. The highest BCUT2D eigenvalue weighted by atomic mass is 16.2. The lowest BCUT2D eigenvalue weighted by Crippen LogP contribution is -2.48. The van der Waals surface area contributed by atoms with Gasteiger partial charge in [-0.1, -0.05) is 25.1 Å². The van der Waals surface area contributed by atoms with Crippen molar-refractivity contribution in [1.29, 1.82) is 0 Å². The first-order chi connectivity index (χ1) is 12.6. The number of carbonyl (C=O) groups excluding carboxylic acids is 1. The van der Waals surface area contributed by atoms with Gasteiger partial charge in [0.1, 0.15) is 5.69 Å². The molecule has 1 aromatic carbocycles. The first-order valence-corrected chi connectivity index (χ1v) is 9.32. The molecule has 0 N–H and O–H groups in total. The molecule has 26 heavy (non-hydrogen) atoms. The number of aromatic nitrogens is 2. The Morgan fingerprint density at radius 1 is 1.08 bits per heavy atom. The van der Waals surface area contributed by atoms with E-state index in [1.54, 1.807) is 6.07 Å². The second kappa shape index (κ2) is 8.27. The minimum atomic E-state index is -0.00313. The molecule has 0 radical (unpaired) electrons. The van der Waals surface area contributed by atoms with Crippen LogP contribution in [0.5, 0.6) is 0 Å². The van der Waals surface area contributed by atoms with Crippen molar-refractivity contribution >= 4 is 17.5 Å². The van der Waals surface area contributed by atoms with Crippen LogP contribution in [-0.2, 0) is 0 Å². The molecule has 6 heteroatoms. The monoisotopic (exact) mass is 353 g/mol. The summed E-state index contributed by atoms with van der Waals surface area (Å²) in [4.78, 5) is 28.4. The van der Waals surface area contributed by atoms with E-state index < -0.39 is 0 Å². The fourth-order valence-corrected chi connectivity index (χ4v) is 3.26. The molecule has 138 valence electrons. The first kappa shape index (κ1) is 18.3. The Balaban J connectivity index is 1.84. The van der Waals surface area contributed by atoms with E-state index >= 15 is 0 Å². The Hall–Kier alpha value is -2.47. The van der Waals surface area contributed by atoms with E-state index in [0.29, 0.717) is 11.6 Å². The smallest absolute Gasteiger partial charge is 0.272 e. The highest BCUT2D eigenvalue weighted by molar-refractivity contribution is 5.92. The van der Waals surface area contributed by atoms with Crippen LogP contribution in [0.4, 0.5) is 11.6 Å². The van der Waals surface area contributed by atoms with Gasteiger partial charge in [0, 0.05) is 44.1 Å². The van der Waals surface area contributed by atoms with Crippen molar-refractivity contribution in [1.82, 2.24) is 19.8 Å². The Kier molecular flexibility index (Phi) is 5.83. The van der Waals surface area contributed by atoms with Crippen LogP contribution in [0.3, 0.4) is 0 Å². The molecule has 1 aromatic heterocycles. The van der Waals surface area contributed by atoms with Crippen LogP contribution in [-0.4, -0.2) is 64.9 Å². The van der Waals surface area contributed by atoms with Crippen molar-refractivity contribution in [3.8, 4) is 0 Å². The van der Waals surface area contributed by atoms with Crippen molar-refractivity contribution in [2.75, 3.05) is 44.2 Å². The summed E-state index contributed by atoms with van der Waals surface area (Å²) in [6, 6.07) is 11.8. The lowest BCUT2D eigenvalue weighted by molar-refractivity contribution is 0.0637. The minimum absolute atomic E-state index is 0.00313. The standard InChI is InChI=1S/C20H27N5O/c1-4-23-11-13-24(14-12-23)19(26)18-15-16(3)21-20(22-18)25(5-2)17-9-7-6-8-10-17/h6-10,15H,4-5,11-14H2,1-3H3. The van der Waals surface area contributed by atoms with Gasteiger partial charge in [-0.25, -0.2) is 9.97 Å². The number of hydrogen-bond donors (Lipinski definition) is 0. The second-order valence-corrected chi connectivity index (χ2v) is 6.50. The van der Waals surface area contributed by atoms with Gasteiger partial charge >= 0.3 is 0 Å². The van der Waals surface area contributed by atoms with Gasteiger partial charge in [-0.3, -0.25) is 4.79 Å². The Bertz CT molecular complexity index is 741. The van der Waals surface area contributed by atoms with E-state index in [2.05, 4.69) is 28.7 Å². The third kappa shape index (κ3) is 4.02. The molecule has 1 aliphatic rings. The molecule has 0 aliphatic carbocycles. The van der Waals surface area contributed by atoms with Crippen LogP contribution in [0.25, 0.3) is 0 Å². The molecule has 2 aromatic rings. The van der Waals surface area contributed by atoms with Crippen molar-refractivity contribution in [3.05, 3.63) is 47.8 Å². The largest absolute Gasteiger partial charge is 0.335 e. The van der Waals surface area contributed by atoms with Gasteiger partial charge in [-0.05, 0) is 38.6 Å². The van der Waals surface area contributed by atoms with Gasteiger partial charge < -0.3 is 14.7 Å². The summed E-state index contributed by atoms with van der Waals surface area (Å²) in [5.41, 5.74) is 2.31. The SMILES string of the molecule is CCN1CCN(C(=O)c2cc(C)nc(N(CC)c3ccccc3)n2)CC1. The molecule has 0 bridgehead atoms. The molecule has 1 saturated heterocycles. The van der Waals surface area contributed by atoms with Crippen LogP contribution in [0, 0.1) is 6.92 Å². The van der Waals surface area contributed by atoms with Crippen molar-refractivity contribution in [3.63, 3.8) is 0 Å². The van der Waals surface area contributed by atoms with Gasteiger partial charge in [-0.15, -0.1) is 0 Å². The number of para-hydroxylation sites is 1. The fourth-order valence-electron chi connectivity index (χ4n) is 3.26. The summed E-state index contributed by atoms with van der Waals surface area (Å²) in [7, 11) is 0. The maximum Gasteiger partial charge on any atom is 0.272 e. The van der Waals surface area contributed by atoms with E-state index in [1.165, 1.54) is 0 Å². The molecule has 0 atom stereocenters. The van der Waals surface area contributed by atoms with Crippen LogP contribution >= 0.6 is 0 Å². The van der Waals surface area contributed by atoms with E-state index in [1.807, 2.05) is 47.1 Å². The number of piperazine rings is 1. The number of hydrogen-bond acceptors (Lipinski definition) is 5. The fraction of sp³-hybridized carbons (Fsp3) is 0.450. The first-order valence-electron chi connectivity index (χ1n) is 9.32. The number of amides is 1. The number of benzene rings is 1. The van der Waals surface area contributed by atoms with Gasteiger partial charge in [0.2, 0.25) is 5.95 Å². The third-order valence-corrected chi connectivity index (χ3v) is 4.79. The summed E-state index contributed by atoms with van der Waals surface area (Å²) in [6.07, 6.45) is 0. The van der Waals surface area contributed by atoms with Gasteiger partial charge in [0.25, 0.3) is 5.91 Å². The van der Waals surface area contributed by atoms with Crippen LogP contribution < -0.4 is 4.90 Å². The summed E-state index contributed by atoms with van der Waals surface area (Å²) < 4.78 is 0. The van der Waals surface area contributed by atoms with E-state index in [9.17, 15) is 4.79 Å². The molecular formula is C20H27N5O. The van der Waals surface area contributed by atoms with Crippen LogP contribution in [0.15, 0.2) is 36.4 Å². The number of carbonyl (C=O) groups is 1. The van der Waals surface area contributed by atoms with E-state index in [4.69, 9.17) is 0 Å². The second-order valence-electron chi connectivity index (χ2n) is 6.50. The Labute approximate surface area is 155 Å². The summed E-state index contributed by atoms with van der Waals surface area (Å²) in [5, 5.41) is 0. The average Bonchev–Trinajstić information content (AvgIpc) is 2.68. The molecule has 6 nitrogen and oxygen atoms in total. The van der Waals surface area contributed by atoms with Crippen LogP contribution in [0.2, 0.25) is 0 Å². The van der Waals surface area contributed by atoms with E-state index in [0.717, 1.165) is 50.6 Å². The topological polar surface area (TPSA) is 52.6 Å². The lowest BCUT2D eigenvalue weighted by atomic mass is 10.2. The quantitative estimate of drug-likeness (QED) is 0.827.